The Morgan fingerprint density at radius 1 is 1.27 bits per heavy atom. The minimum atomic E-state index is 0.758. The molecule has 2 aliphatic rings. The molecule has 2 rings (SSSR count). The molecule has 1 N–H and O–H groups in total. The van der Waals surface area contributed by atoms with Gasteiger partial charge in [0.05, 0.1) is 0 Å². The zero-order chi connectivity index (χ0) is 10.5. The fraction of sp³-hybridized carbons (Fsp3) is 1.00. The fourth-order valence-corrected chi connectivity index (χ4v) is 2.41. The highest BCUT2D eigenvalue weighted by atomic mass is 16.5. The Kier molecular flexibility index (Phi) is 4.42. The second kappa shape index (κ2) is 5.83. The second-order valence-corrected chi connectivity index (χ2v) is 4.93. The van der Waals surface area contributed by atoms with Gasteiger partial charge in [0, 0.05) is 38.9 Å². The van der Waals surface area contributed by atoms with Crippen molar-refractivity contribution in [2.24, 2.45) is 0 Å². The van der Waals surface area contributed by atoms with Crippen molar-refractivity contribution in [3.05, 3.63) is 0 Å². The number of nitrogens with zero attached hydrogens (tertiary/aromatic N) is 1. The average Bonchev–Trinajstić information content (AvgIpc) is 3.03. The molecule has 1 atom stereocenters. The van der Waals surface area contributed by atoms with Crippen LogP contribution >= 0.6 is 0 Å². The molecule has 0 bridgehead atoms. The SMILES string of the molecule is COCCCN1CCCC(NC2CC2)C1. The molecule has 1 unspecified atom stereocenters. The van der Waals surface area contributed by atoms with Crippen LogP contribution in [0.2, 0.25) is 0 Å². The van der Waals surface area contributed by atoms with Gasteiger partial charge in [0.25, 0.3) is 0 Å². The normalized spacial score (nSPS) is 28.2. The van der Waals surface area contributed by atoms with Gasteiger partial charge < -0.3 is 15.0 Å². The van der Waals surface area contributed by atoms with Crippen molar-refractivity contribution >= 4 is 0 Å². The molecular formula is C12H24N2O. The summed E-state index contributed by atoms with van der Waals surface area (Å²) >= 11 is 0. The molecule has 1 aliphatic carbocycles. The minimum absolute atomic E-state index is 0.758. The molecule has 88 valence electrons. The van der Waals surface area contributed by atoms with Gasteiger partial charge in [0.1, 0.15) is 0 Å². The van der Waals surface area contributed by atoms with E-state index in [2.05, 4.69) is 10.2 Å². The van der Waals surface area contributed by atoms with E-state index < -0.39 is 0 Å². The number of ether oxygens (including phenoxy) is 1. The van der Waals surface area contributed by atoms with Gasteiger partial charge in [-0.05, 0) is 38.6 Å². The van der Waals surface area contributed by atoms with E-state index in [1.807, 2.05) is 0 Å². The van der Waals surface area contributed by atoms with Gasteiger partial charge in [0.15, 0.2) is 0 Å². The Labute approximate surface area is 93.2 Å². The van der Waals surface area contributed by atoms with Crippen LogP contribution in [-0.2, 0) is 4.74 Å². The predicted molar refractivity (Wildman–Crippen MR) is 62.1 cm³/mol. The quantitative estimate of drug-likeness (QED) is 0.670. The summed E-state index contributed by atoms with van der Waals surface area (Å²) in [5.74, 6) is 0. The molecule has 1 saturated heterocycles. The highest BCUT2D eigenvalue weighted by molar-refractivity contribution is 4.87. The lowest BCUT2D eigenvalue weighted by atomic mass is 10.1. The maximum Gasteiger partial charge on any atom is 0.0474 e. The summed E-state index contributed by atoms with van der Waals surface area (Å²) < 4.78 is 5.09. The van der Waals surface area contributed by atoms with Crippen LogP contribution in [0, 0.1) is 0 Å². The van der Waals surface area contributed by atoms with E-state index in [0.717, 1.165) is 18.7 Å². The topological polar surface area (TPSA) is 24.5 Å². The van der Waals surface area contributed by atoms with E-state index >= 15 is 0 Å². The van der Waals surface area contributed by atoms with Gasteiger partial charge in [-0.3, -0.25) is 0 Å². The van der Waals surface area contributed by atoms with Crippen LogP contribution in [0.15, 0.2) is 0 Å². The van der Waals surface area contributed by atoms with E-state index in [1.165, 1.54) is 51.7 Å². The molecule has 3 nitrogen and oxygen atoms in total. The van der Waals surface area contributed by atoms with E-state index in [0.29, 0.717) is 0 Å². The highest BCUT2D eigenvalue weighted by Gasteiger charge is 2.27. The zero-order valence-corrected chi connectivity index (χ0v) is 9.87. The summed E-state index contributed by atoms with van der Waals surface area (Å²) in [4.78, 5) is 2.59. The first-order valence-corrected chi connectivity index (χ1v) is 6.36. The molecule has 0 radical (unpaired) electrons. The van der Waals surface area contributed by atoms with Gasteiger partial charge in [-0.1, -0.05) is 0 Å². The monoisotopic (exact) mass is 212 g/mol. The van der Waals surface area contributed by atoms with Gasteiger partial charge in [-0.2, -0.15) is 0 Å². The maximum atomic E-state index is 5.09. The summed E-state index contributed by atoms with van der Waals surface area (Å²) in [6.45, 7) is 4.64. The van der Waals surface area contributed by atoms with E-state index in [9.17, 15) is 0 Å². The smallest absolute Gasteiger partial charge is 0.0474 e. The Hall–Kier alpha value is -0.120. The van der Waals surface area contributed by atoms with Crippen molar-refractivity contribution < 1.29 is 4.74 Å². The molecule has 15 heavy (non-hydrogen) atoms. The van der Waals surface area contributed by atoms with Crippen molar-refractivity contribution in [2.45, 2.75) is 44.2 Å². The van der Waals surface area contributed by atoms with Crippen molar-refractivity contribution in [1.29, 1.82) is 0 Å². The lowest BCUT2D eigenvalue weighted by molar-refractivity contribution is 0.149. The molecule has 2 fully saturated rings. The first-order chi connectivity index (χ1) is 7.38. The van der Waals surface area contributed by atoms with Gasteiger partial charge in [0.2, 0.25) is 0 Å². The number of rotatable bonds is 6. The Morgan fingerprint density at radius 3 is 2.87 bits per heavy atom. The molecule has 0 amide bonds. The maximum absolute atomic E-state index is 5.09. The number of methoxy groups -OCH3 is 1. The number of hydrogen-bond acceptors (Lipinski definition) is 3. The Bertz CT molecular complexity index is 182. The van der Waals surface area contributed by atoms with Gasteiger partial charge >= 0.3 is 0 Å². The zero-order valence-electron chi connectivity index (χ0n) is 9.87. The van der Waals surface area contributed by atoms with Crippen molar-refractivity contribution in [3.8, 4) is 0 Å². The highest BCUT2D eigenvalue weighted by Crippen LogP contribution is 2.21. The molecule has 3 heteroatoms. The van der Waals surface area contributed by atoms with Crippen LogP contribution in [0.3, 0.4) is 0 Å². The molecule has 1 aliphatic heterocycles. The van der Waals surface area contributed by atoms with Crippen molar-refractivity contribution in [2.75, 3.05) is 33.4 Å². The van der Waals surface area contributed by atoms with Gasteiger partial charge in [-0.25, -0.2) is 0 Å². The molecule has 1 heterocycles. The Balaban J connectivity index is 1.62. The van der Waals surface area contributed by atoms with E-state index in [-0.39, 0.29) is 0 Å². The number of hydrogen-bond donors (Lipinski definition) is 1. The number of nitrogens with one attached hydrogen (secondary N) is 1. The molecule has 0 aromatic heterocycles. The van der Waals surface area contributed by atoms with Crippen LogP contribution in [0.1, 0.15) is 32.1 Å². The molecule has 0 aromatic carbocycles. The summed E-state index contributed by atoms with van der Waals surface area (Å²) in [7, 11) is 1.79. The third kappa shape index (κ3) is 4.09. The third-order valence-electron chi connectivity index (χ3n) is 3.38. The number of likely N-dealkylation sites (tertiary alicyclic amines) is 1. The second-order valence-electron chi connectivity index (χ2n) is 4.93. The first-order valence-electron chi connectivity index (χ1n) is 6.36. The standard InChI is InChI=1S/C12H24N2O/c1-15-9-3-8-14-7-2-4-12(10-14)13-11-5-6-11/h11-13H,2-10H2,1H3. The summed E-state index contributed by atoms with van der Waals surface area (Å²) in [6, 6.07) is 1.61. The Morgan fingerprint density at radius 2 is 2.13 bits per heavy atom. The summed E-state index contributed by atoms with van der Waals surface area (Å²) in [5.41, 5.74) is 0. The summed E-state index contributed by atoms with van der Waals surface area (Å²) in [6.07, 6.45) is 6.71. The van der Waals surface area contributed by atoms with Gasteiger partial charge in [-0.15, -0.1) is 0 Å². The van der Waals surface area contributed by atoms with Crippen molar-refractivity contribution in [3.63, 3.8) is 0 Å². The third-order valence-corrected chi connectivity index (χ3v) is 3.38. The summed E-state index contributed by atoms with van der Waals surface area (Å²) in [5, 5.41) is 3.74. The average molecular weight is 212 g/mol. The van der Waals surface area contributed by atoms with Crippen LogP contribution < -0.4 is 5.32 Å². The first kappa shape index (κ1) is 11.4. The van der Waals surface area contributed by atoms with Crippen LogP contribution in [-0.4, -0.2) is 50.3 Å². The molecule has 0 aromatic rings. The fourth-order valence-electron chi connectivity index (χ4n) is 2.41. The van der Waals surface area contributed by atoms with E-state index in [4.69, 9.17) is 4.74 Å². The minimum Gasteiger partial charge on any atom is -0.385 e. The number of piperidine rings is 1. The lowest BCUT2D eigenvalue weighted by Gasteiger charge is -2.33. The predicted octanol–water partition coefficient (Wildman–Crippen LogP) is 1.24. The van der Waals surface area contributed by atoms with Crippen LogP contribution in [0.4, 0.5) is 0 Å². The molecule has 1 saturated carbocycles. The van der Waals surface area contributed by atoms with E-state index in [1.54, 1.807) is 7.11 Å². The molecule has 0 spiro atoms. The van der Waals surface area contributed by atoms with Crippen LogP contribution in [0.5, 0.6) is 0 Å². The van der Waals surface area contributed by atoms with Crippen LogP contribution in [0.25, 0.3) is 0 Å². The van der Waals surface area contributed by atoms with Crippen molar-refractivity contribution in [1.82, 2.24) is 10.2 Å². The largest absolute Gasteiger partial charge is 0.385 e. The lowest BCUT2D eigenvalue weighted by Crippen LogP contribution is -2.46. The molecular weight excluding hydrogens is 188 g/mol.